The highest BCUT2D eigenvalue weighted by Crippen LogP contribution is 2.23. The van der Waals surface area contributed by atoms with Crippen LogP contribution in [-0.2, 0) is 14.4 Å². The van der Waals surface area contributed by atoms with Crippen LogP contribution in [-0.4, -0.2) is 25.0 Å². The van der Waals surface area contributed by atoms with Crippen LogP contribution in [0.3, 0.4) is 0 Å². The second-order valence-electron chi connectivity index (χ2n) is 4.75. The molecule has 0 fully saturated rings. The number of unbranched alkanes of at least 4 members (excludes halogenated alkanes) is 2. The normalized spacial score (nSPS) is 10.1. The minimum Gasteiger partial charge on any atom is -0.492 e. The second kappa shape index (κ2) is 10.6. The molecule has 0 aliphatic rings. The number of amides is 2. The Morgan fingerprint density at radius 3 is 2.59 bits per heavy atom. The first-order chi connectivity index (χ1) is 10.7. The summed E-state index contributed by atoms with van der Waals surface area (Å²) in [5.74, 6) is 0.0268. The molecule has 2 N–H and O–H groups in total. The number of carbonyl (C=O) groups excluding carboxylic acids is 2. The lowest BCUT2D eigenvalue weighted by molar-refractivity contribution is -0.137. The Hall–Kier alpha value is -2.08. The van der Waals surface area contributed by atoms with Crippen LogP contribution in [0.25, 0.3) is 0 Å². The van der Waals surface area contributed by atoms with Gasteiger partial charge in [-0.1, -0.05) is 31.9 Å². The largest absolute Gasteiger partial charge is 0.492 e. The zero-order valence-electron chi connectivity index (χ0n) is 13.2. The summed E-state index contributed by atoms with van der Waals surface area (Å²) in [7, 11) is 0. The highest BCUT2D eigenvalue weighted by atomic mass is 16.7. The molecular weight excluding hydrogens is 284 g/mol. The van der Waals surface area contributed by atoms with Crippen molar-refractivity contribution in [2.45, 2.75) is 39.5 Å². The van der Waals surface area contributed by atoms with Gasteiger partial charge in [-0.3, -0.25) is 14.4 Å². The molecule has 0 heterocycles. The Bertz CT molecular complexity index is 477. The molecule has 0 aliphatic carbocycles. The number of benzene rings is 1. The van der Waals surface area contributed by atoms with E-state index in [4.69, 9.17) is 9.57 Å². The molecule has 0 saturated carbocycles. The number of anilines is 1. The van der Waals surface area contributed by atoms with Gasteiger partial charge in [0.2, 0.25) is 5.91 Å². The maximum atomic E-state index is 11.8. The van der Waals surface area contributed by atoms with E-state index < -0.39 is 0 Å². The lowest BCUT2D eigenvalue weighted by Gasteiger charge is -2.11. The number of nitrogens with one attached hydrogen (secondary N) is 2. The molecule has 22 heavy (non-hydrogen) atoms. The molecule has 1 rings (SSSR count). The zero-order chi connectivity index (χ0) is 16.2. The Morgan fingerprint density at radius 1 is 1.09 bits per heavy atom. The van der Waals surface area contributed by atoms with Crippen LogP contribution in [0, 0.1) is 0 Å². The summed E-state index contributed by atoms with van der Waals surface area (Å²) < 4.78 is 5.41. The van der Waals surface area contributed by atoms with Gasteiger partial charge < -0.3 is 10.1 Å². The summed E-state index contributed by atoms with van der Waals surface area (Å²) in [6, 6.07) is 7.14. The summed E-state index contributed by atoms with van der Waals surface area (Å²) in [6.45, 7) is 4.20. The Kier molecular flexibility index (Phi) is 8.67. The SMILES string of the molecule is CCCCCC(=O)NOCC(=O)Nc1ccccc1OCC. The molecule has 0 radical (unpaired) electrons. The molecular formula is C16H24N2O4. The van der Waals surface area contributed by atoms with E-state index in [1.165, 1.54) is 0 Å². The van der Waals surface area contributed by atoms with Crippen LogP contribution in [0.2, 0.25) is 0 Å². The maximum Gasteiger partial charge on any atom is 0.253 e. The second-order valence-corrected chi connectivity index (χ2v) is 4.75. The van der Waals surface area contributed by atoms with Gasteiger partial charge >= 0.3 is 0 Å². The number of rotatable bonds is 10. The monoisotopic (exact) mass is 308 g/mol. The van der Waals surface area contributed by atoms with Crippen molar-refractivity contribution in [3.8, 4) is 5.75 Å². The highest BCUT2D eigenvalue weighted by Gasteiger charge is 2.08. The zero-order valence-corrected chi connectivity index (χ0v) is 13.2. The van der Waals surface area contributed by atoms with E-state index in [1.807, 2.05) is 13.0 Å². The van der Waals surface area contributed by atoms with Gasteiger partial charge in [0.25, 0.3) is 5.91 Å². The summed E-state index contributed by atoms with van der Waals surface area (Å²) in [5.41, 5.74) is 2.84. The fourth-order valence-corrected chi connectivity index (χ4v) is 1.81. The predicted octanol–water partition coefficient (Wildman–Crippen LogP) is 2.65. The van der Waals surface area contributed by atoms with Gasteiger partial charge in [-0.15, -0.1) is 0 Å². The van der Waals surface area contributed by atoms with Crippen molar-refractivity contribution in [1.82, 2.24) is 5.48 Å². The van der Waals surface area contributed by atoms with E-state index in [9.17, 15) is 9.59 Å². The summed E-state index contributed by atoms with van der Waals surface area (Å²) in [5, 5.41) is 2.68. The van der Waals surface area contributed by atoms with E-state index in [2.05, 4.69) is 17.7 Å². The smallest absolute Gasteiger partial charge is 0.253 e. The van der Waals surface area contributed by atoms with Gasteiger partial charge in [0, 0.05) is 6.42 Å². The lowest BCUT2D eigenvalue weighted by Crippen LogP contribution is -2.29. The fourth-order valence-electron chi connectivity index (χ4n) is 1.81. The molecule has 1 aromatic rings. The van der Waals surface area contributed by atoms with Crippen LogP contribution < -0.4 is 15.5 Å². The number of hydroxylamine groups is 1. The summed E-state index contributed by atoms with van der Waals surface area (Å²) in [6.07, 6.45) is 3.28. The van der Waals surface area contributed by atoms with Crippen molar-refractivity contribution < 1.29 is 19.2 Å². The minimum absolute atomic E-state index is 0.212. The molecule has 0 atom stereocenters. The molecule has 0 aromatic heterocycles. The standard InChI is InChI=1S/C16H24N2O4/c1-3-5-6-11-15(19)18-22-12-16(20)17-13-9-7-8-10-14(13)21-4-2/h7-10H,3-6,11-12H2,1-2H3,(H,17,20)(H,18,19). The predicted molar refractivity (Wildman–Crippen MR) is 84.5 cm³/mol. The van der Waals surface area contributed by atoms with E-state index in [-0.39, 0.29) is 18.4 Å². The summed E-state index contributed by atoms with van der Waals surface area (Å²) in [4.78, 5) is 28.1. The molecule has 0 spiro atoms. The van der Waals surface area contributed by atoms with Crippen LogP contribution >= 0.6 is 0 Å². The average Bonchev–Trinajstić information content (AvgIpc) is 2.50. The van der Waals surface area contributed by atoms with E-state index in [0.29, 0.717) is 24.5 Å². The molecule has 0 unspecified atom stereocenters. The third-order valence-electron chi connectivity index (χ3n) is 2.86. The molecule has 0 saturated heterocycles. The number of hydrogen-bond acceptors (Lipinski definition) is 4. The van der Waals surface area contributed by atoms with Crippen molar-refractivity contribution in [3.63, 3.8) is 0 Å². The van der Waals surface area contributed by atoms with Crippen molar-refractivity contribution in [2.24, 2.45) is 0 Å². The van der Waals surface area contributed by atoms with Crippen molar-refractivity contribution in [3.05, 3.63) is 24.3 Å². The Balaban J connectivity index is 2.30. The van der Waals surface area contributed by atoms with Gasteiger partial charge in [-0.05, 0) is 25.5 Å². The third-order valence-corrected chi connectivity index (χ3v) is 2.86. The van der Waals surface area contributed by atoms with Crippen LogP contribution in [0.5, 0.6) is 5.75 Å². The quantitative estimate of drug-likeness (QED) is 0.514. The topological polar surface area (TPSA) is 76.7 Å². The molecule has 6 nitrogen and oxygen atoms in total. The van der Waals surface area contributed by atoms with E-state index >= 15 is 0 Å². The molecule has 6 heteroatoms. The molecule has 2 amide bonds. The first kappa shape index (κ1) is 18.0. The van der Waals surface area contributed by atoms with E-state index in [1.54, 1.807) is 18.2 Å². The van der Waals surface area contributed by atoms with E-state index in [0.717, 1.165) is 19.3 Å². The van der Waals surface area contributed by atoms with Crippen molar-refractivity contribution >= 4 is 17.5 Å². The number of carbonyl (C=O) groups is 2. The first-order valence-corrected chi connectivity index (χ1v) is 7.59. The fraction of sp³-hybridized carbons (Fsp3) is 0.500. The van der Waals surface area contributed by atoms with Gasteiger partial charge in [-0.2, -0.15) is 0 Å². The third kappa shape index (κ3) is 7.08. The minimum atomic E-state index is -0.360. The Labute approximate surface area is 131 Å². The summed E-state index contributed by atoms with van der Waals surface area (Å²) >= 11 is 0. The molecule has 1 aromatic carbocycles. The van der Waals surface area contributed by atoms with Crippen LogP contribution in [0.15, 0.2) is 24.3 Å². The van der Waals surface area contributed by atoms with Crippen LogP contribution in [0.4, 0.5) is 5.69 Å². The van der Waals surface area contributed by atoms with Gasteiger partial charge in [0.05, 0.1) is 12.3 Å². The average molecular weight is 308 g/mol. The molecule has 122 valence electrons. The first-order valence-electron chi connectivity index (χ1n) is 7.59. The molecule has 0 bridgehead atoms. The maximum absolute atomic E-state index is 11.8. The van der Waals surface area contributed by atoms with Crippen molar-refractivity contribution in [2.75, 3.05) is 18.5 Å². The van der Waals surface area contributed by atoms with Crippen LogP contribution in [0.1, 0.15) is 39.5 Å². The molecule has 0 aliphatic heterocycles. The van der Waals surface area contributed by atoms with Gasteiger partial charge in [-0.25, -0.2) is 5.48 Å². The van der Waals surface area contributed by atoms with Crippen molar-refractivity contribution in [1.29, 1.82) is 0 Å². The number of para-hydroxylation sites is 2. The lowest BCUT2D eigenvalue weighted by atomic mass is 10.2. The van der Waals surface area contributed by atoms with Gasteiger partial charge in [0.15, 0.2) is 6.61 Å². The highest BCUT2D eigenvalue weighted by molar-refractivity contribution is 5.93. The number of hydrogen-bond donors (Lipinski definition) is 2. The Morgan fingerprint density at radius 2 is 1.86 bits per heavy atom. The number of ether oxygens (including phenoxy) is 1. The van der Waals surface area contributed by atoms with Gasteiger partial charge in [0.1, 0.15) is 5.75 Å².